The molecule has 160 valence electrons. The van der Waals surface area contributed by atoms with Crippen LogP contribution in [0.2, 0.25) is 5.02 Å². The molecule has 0 bridgehead atoms. The average Bonchev–Trinajstić information content (AvgIpc) is 2.71. The summed E-state index contributed by atoms with van der Waals surface area (Å²) < 4.78 is 12.1. The van der Waals surface area contributed by atoms with E-state index in [1.54, 1.807) is 18.2 Å². The number of nitrogens with zero attached hydrogens (tertiary/aromatic N) is 2. The molecule has 0 aliphatic rings. The van der Waals surface area contributed by atoms with Crippen LogP contribution < -0.4 is 15.0 Å². The quantitative estimate of drug-likeness (QED) is 0.251. The van der Waals surface area contributed by atoms with Gasteiger partial charge in [-0.3, -0.25) is 14.9 Å². The fraction of sp³-hybridized carbons (Fsp3) is 0.100. The summed E-state index contributed by atoms with van der Waals surface area (Å²) in [6, 6.07) is 10.9. The smallest absolute Gasteiger partial charge is 0.395 e. The van der Waals surface area contributed by atoms with E-state index >= 15 is 0 Å². The highest BCUT2D eigenvalue weighted by Crippen LogP contribution is 2.35. The Kier molecular flexibility index (Phi) is 7.13. The fourth-order valence-electron chi connectivity index (χ4n) is 2.63. The van der Waals surface area contributed by atoms with Crippen LogP contribution in [0.25, 0.3) is 12.2 Å². The molecule has 0 amide bonds. The highest BCUT2D eigenvalue weighted by Gasteiger charge is 2.21. The van der Waals surface area contributed by atoms with E-state index in [9.17, 15) is 20.0 Å². The summed E-state index contributed by atoms with van der Waals surface area (Å²) >= 11 is 8.27. The molecular weight excluding hydrogens is 541 g/mol. The first-order valence-electron chi connectivity index (χ1n) is 8.69. The van der Waals surface area contributed by atoms with Crippen molar-refractivity contribution >= 4 is 52.0 Å². The van der Waals surface area contributed by atoms with E-state index in [0.717, 1.165) is 9.13 Å². The van der Waals surface area contributed by atoms with Gasteiger partial charge in [0.15, 0.2) is 11.5 Å². The molecule has 0 saturated heterocycles. The highest BCUT2D eigenvalue weighted by atomic mass is 127. The lowest BCUT2D eigenvalue weighted by molar-refractivity contribution is -0.387. The number of methoxy groups -OCH3 is 1. The Morgan fingerprint density at radius 3 is 2.71 bits per heavy atom. The number of aromatic nitrogens is 2. The molecule has 11 heteroatoms. The van der Waals surface area contributed by atoms with Crippen LogP contribution in [0.5, 0.6) is 17.4 Å². The molecule has 1 aromatic heterocycles. The van der Waals surface area contributed by atoms with E-state index in [4.69, 9.17) is 21.1 Å². The number of H-pyrrole nitrogens is 1. The molecule has 1 heterocycles. The van der Waals surface area contributed by atoms with Crippen LogP contribution in [-0.4, -0.2) is 27.1 Å². The monoisotopic (exact) mass is 555 g/mol. The van der Waals surface area contributed by atoms with Gasteiger partial charge in [-0.1, -0.05) is 35.9 Å². The molecule has 9 nitrogen and oxygen atoms in total. The Labute approximate surface area is 194 Å². The van der Waals surface area contributed by atoms with Crippen molar-refractivity contribution in [3.05, 3.63) is 82.4 Å². The van der Waals surface area contributed by atoms with E-state index in [0.29, 0.717) is 22.1 Å². The van der Waals surface area contributed by atoms with Crippen molar-refractivity contribution < 1.29 is 19.5 Å². The van der Waals surface area contributed by atoms with Gasteiger partial charge < -0.3 is 19.6 Å². The van der Waals surface area contributed by atoms with Gasteiger partial charge in [-0.15, -0.1) is 0 Å². The molecule has 0 atom stereocenters. The van der Waals surface area contributed by atoms with Crippen LogP contribution in [0.4, 0.5) is 5.69 Å². The third-order valence-electron chi connectivity index (χ3n) is 4.09. The number of nitro groups is 1. The minimum absolute atomic E-state index is 0.0406. The molecule has 3 aromatic rings. The van der Waals surface area contributed by atoms with Crippen LogP contribution >= 0.6 is 34.2 Å². The average molecular weight is 556 g/mol. The molecule has 0 unspecified atom stereocenters. The first kappa shape index (κ1) is 22.6. The molecule has 0 saturated carbocycles. The number of benzene rings is 2. The first-order chi connectivity index (χ1) is 14.8. The Morgan fingerprint density at radius 2 is 2.06 bits per heavy atom. The minimum atomic E-state index is -1.05. The Bertz CT molecular complexity index is 1230. The van der Waals surface area contributed by atoms with Crippen molar-refractivity contribution in [1.82, 2.24) is 9.97 Å². The van der Waals surface area contributed by atoms with Crippen LogP contribution in [0, 0.1) is 13.7 Å². The van der Waals surface area contributed by atoms with Crippen LogP contribution in [0.15, 0.2) is 41.2 Å². The maximum absolute atomic E-state index is 11.7. The predicted molar refractivity (Wildman–Crippen MR) is 124 cm³/mol. The van der Waals surface area contributed by atoms with Crippen molar-refractivity contribution in [2.45, 2.75) is 6.61 Å². The molecule has 2 aromatic carbocycles. The highest BCUT2D eigenvalue weighted by molar-refractivity contribution is 14.1. The third kappa shape index (κ3) is 5.33. The second kappa shape index (κ2) is 9.79. The molecule has 0 fully saturated rings. The van der Waals surface area contributed by atoms with E-state index in [1.807, 2.05) is 24.3 Å². The second-order valence-electron chi connectivity index (χ2n) is 6.13. The zero-order valence-electron chi connectivity index (χ0n) is 16.0. The van der Waals surface area contributed by atoms with Gasteiger partial charge in [-0.2, -0.15) is 4.98 Å². The third-order valence-corrected chi connectivity index (χ3v) is 5.26. The molecule has 2 N–H and O–H groups in total. The maximum atomic E-state index is 11.7. The van der Waals surface area contributed by atoms with Gasteiger partial charge in [0.1, 0.15) is 12.4 Å². The maximum Gasteiger partial charge on any atom is 0.395 e. The van der Waals surface area contributed by atoms with Crippen LogP contribution in [0.1, 0.15) is 17.0 Å². The Hall–Kier alpha value is -3.12. The van der Waals surface area contributed by atoms with Crippen molar-refractivity contribution in [1.29, 1.82) is 0 Å². The van der Waals surface area contributed by atoms with Crippen molar-refractivity contribution in [2.75, 3.05) is 7.11 Å². The number of halogens is 2. The standard InChI is InChI=1S/C20H15ClIN3O6/c1-30-15-9-11(6-7-16-23-19(26)17(25(28)29)20(27)24-16)8-14(22)18(15)31-10-12-4-2-3-5-13(12)21/h2-9H,10H2,1H3,(H2,23,24,26,27)/b7-6-. The number of aromatic hydroxyl groups is 1. The first-order valence-corrected chi connectivity index (χ1v) is 10.1. The van der Waals surface area contributed by atoms with E-state index < -0.39 is 22.0 Å². The van der Waals surface area contributed by atoms with E-state index in [2.05, 4.69) is 32.6 Å². The van der Waals surface area contributed by atoms with Gasteiger partial charge in [0.25, 0.3) is 5.88 Å². The predicted octanol–water partition coefficient (Wildman–Crippen LogP) is 4.40. The van der Waals surface area contributed by atoms with Crippen molar-refractivity contribution in [3.63, 3.8) is 0 Å². The van der Waals surface area contributed by atoms with Crippen molar-refractivity contribution in [3.8, 4) is 17.4 Å². The van der Waals surface area contributed by atoms with Gasteiger partial charge in [0.05, 0.1) is 15.6 Å². The Balaban J connectivity index is 1.85. The van der Waals surface area contributed by atoms with E-state index in [1.165, 1.54) is 13.2 Å². The second-order valence-corrected chi connectivity index (χ2v) is 7.70. The largest absolute Gasteiger partial charge is 0.493 e. The van der Waals surface area contributed by atoms with Gasteiger partial charge in [0.2, 0.25) is 0 Å². The number of hydrogen-bond donors (Lipinski definition) is 2. The number of rotatable bonds is 7. The Morgan fingerprint density at radius 1 is 1.32 bits per heavy atom. The van der Waals surface area contributed by atoms with Gasteiger partial charge in [-0.05, 0) is 52.4 Å². The zero-order chi connectivity index (χ0) is 22.5. The molecule has 0 spiro atoms. The van der Waals surface area contributed by atoms with Crippen LogP contribution in [-0.2, 0) is 6.61 Å². The molecule has 31 heavy (non-hydrogen) atoms. The summed E-state index contributed by atoms with van der Waals surface area (Å²) in [5, 5.41) is 21.0. The summed E-state index contributed by atoms with van der Waals surface area (Å²) in [5.74, 6) is 0.0243. The van der Waals surface area contributed by atoms with Crippen LogP contribution in [0.3, 0.4) is 0 Å². The summed E-state index contributed by atoms with van der Waals surface area (Å²) in [6.45, 7) is 0.258. The summed E-state index contributed by atoms with van der Waals surface area (Å²) in [6.07, 6.45) is 3.01. The van der Waals surface area contributed by atoms with Gasteiger partial charge >= 0.3 is 11.2 Å². The summed E-state index contributed by atoms with van der Waals surface area (Å²) in [7, 11) is 1.51. The minimum Gasteiger partial charge on any atom is -0.493 e. The molecule has 0 radical (unpaired) electrons. The number of aromatic amines is 1. The van der Waals surface area contributed by atoms with Gasteiger partial charge in [-0.25, -0.2) is 0 Å². The van der Waals surface area contributed by atoms with E-state index in [-0.39, 0.29) is 12.4 Å². The van der Waals surface area contributed by atoms with Gasteiger partial charge in [0, 0.05) is 10.6 Å². The molecule has 0 aliphatic heterocycles. The fourth-order valence-corrected chi connectivity index (χ4v) is 3.60. The van der Waals surface area contributed by atoms with Crippen molar-refractivity contribution in [2.24, 2.45) is 0 Å². The molecular formula is C20H15ClIN3O6. The molecule has 0 aliphatic carbocycles. The number of ether oxygens (including phenoxy) is 2. The lowest BCUT2D eigenvalue weighted by Crippen LogP contribution is -2.14. The lowest BCUT2D eigenvalue weighted by atomic mass is 10.2. The normalized spacial score (nSPS) is 10.9. The molecule has 3 rings (SSSR count). The summed E-state index contributed by atoms with van der Waals surface area (Å²) in [4.78, 5) is 27.4. The zero-order valence-corrected chi connectivity index (χ0v) is 18.9. The summed E-state index contributed by atoms with van der Waals surface area (Å²) in [5.41, 5.74) is -0.535. The topological polar surface area (TPSA) is 128 Å². The SMILES string of the molecule is COc1cc(/C=C\c2nc(O)c([N+](=O)[O-])c(=O)[nH]2)cc(I)c1OCc1ccccc1Cl. The lowest BCUT2D eigenvalue weighted by Gasteiger charge is -2.14. The number of hydrogen-bond acceptors (Lipinski definition) is 7. The number of nitrogens with one attached hydrogen (secondary N) is 1.